The summed E-state index contributed by atoms with van der Waals surface area (Å²) in [5.74, 6) is 0.113. The van der Waals surface area contributed by atoms with Crippen molar-refractivity contribution in [2.24, 2.45) is 0 Å². The number of aliphatic hydroxyl groups is 1. The number of hydrogen-bond donors (Lipinski definition) is 2. The number of aliphatic hydroxyl groups excluding tert-OH is 1. The lowest BCUT2D eigenvalue weighted by Gasteiger charge is -2.29. The first-order valence-corrected chi connectivity index (χ1v) is 5.44. The molecule has 0 unspecified atom stereocenters. The Morgan fingerprint density at radius 2 is 2.21 bits per heavy atom. The van der Waals surface area contributed by atoms with Gasteiger partial charge in [-0.25, -0.2) is 0 Å². The van der Waals surface area contributed by atoms with Crippen molar-refractivity contribution in [2.45, 2.75) is 37.8 Å². The summed E-state index contributed by atoms with van der Waals surface area (Å²) in [7, 11) is 0. The first kappa shape index (κ1) is 9.93. The Morgan fingerprint density at radius 3 is 2.86 bits per heavy atom. The van der Waals surface area contributed by atoms with Crippen LogP contribution < -0.4 is 5.32 Å². The molecule has 1 aliphatic heterocycles. The number of nitrogens with zero attached hydrogens (tertiary/aromatic N) is 1. The predicted octanol–water partition coefficient (Wildman–Crippen LogP) is -0.278. The molecule has 1 heterocycles. The summed E-state index contributed by atoms with van der Waals surface area (Å²) in [5.41, 5.74) is 0. The lowest BCUT2D eigenvalue weighted by Crippen LogP contribution is -2.44. The first-order chi connectivity index (χ1) is 6.74. The largest absolute Gasteiger partial charge is 0.392 e. The highest BCUT2D eigenvalue weighted by Crippen LogP contribution is 2.18. The molecule has 0 aromatic carbocycles. The Balaban J connectivity index is 1.69. The molecule has 14 heavy (non-hydrogen) atoms. The van der Waals surface area contributed by atoms with Gasteiger partial charge < -0.3 is 10.4 Å². The molecule has 80 valence electrons. The van der Waals surface area contributed by atoms with E-state index < -0.39 is 0 Å². The third kappa shape index (κ3) is 2.96. The lowest BCUT2D eigenvalue weighted by molar-refractivity contribution is -0.123. The molecular formula is C10H18N2O2. The number of carbonyl (C=O) groups excluding carboxylic acids is 1. The van der Waals surface area contributed by atoms with E-state index in [2.05, 4.69) is 5.32 Å². The molecule has 2 rings (SSSR count). The minimum Gasteiger partial charge on any atom is -0.392 e. The Labute approximate surface area is 84.3 Å². The van der Waals surface area contributed by atoms with E-state index in [1.54, 1.807) is 0 Å². The highest BCUT2D eigenvalue weighted by atomic mass is 16.3. The van der Waals surface area contributed by atoms with Crippen LogP contribution >= 0.6 is 0 Å². The third-order valence-corrected chi connectivity index (χ3v) is 2.79. The molecule has 0 radical (unpaired) electrons. The van der Waals surface area contributed by atoms with Crippen molar-refractivity contribution in [3.63, 3.8) is 0 Å². The van der Waals surface area contributed by atoms with Crippen LogP contribution in [0.2, 0.25) is 0 Å². The standard InChI is InChI=1S/C10H18N2O2/c13-9-2-1-5-12(6-9)7-10(14)11-8-3-4-8/h8-9,13H,1-7H2,(H,11,14)/t9-/m0/s1. The minimum absolute atomic E-state index is 0.113. The zero-order valence-corrected chi connectivity index (χ0v) is 8.41. The maximum Gasteiger partial charge on any atom is 0.234 e. The highest BCUT2D eigenvalue weighted by Gasteiger charge is 2.25. The van der Waals surface area contributed by atoms with Gasteiger partial charge in [-0.1, -0.05) is 0 Å². The summed E-state index contributed by atoms with van der Waals surface area (Å²) in [6, 6.07) is 0.442. The van der Waals surface area contributed by atoms with E-state index in [1.165, 1.54) is 0 Å². The van der Waals surface area contributed by atoms with Crippen LogP contribution in [0.1, 0.15) is 25.7 Å². The van der Waals surface area contributed by atoms with E-state index in [9.17, 15) is 9.90 Å². The molecule has 1 saturated heterocycles. The van der Waals surface area contributed by atoms with Gasteiger partial charge in [0.1, 0.15) is 0 Å². The monoisotopic (exact) mass is 198 g/mol. The average Bonchev–Trinajstić information content (AvgIpc) is 2.87. The molecule has 0 aromatic rings. The van der Waals surface area contributed by atoms with Crippen molar-refractivity contribution in [1.29, 1.82) is 0 Å². The average molecular weight is 198 g/mol. The molecule has 1 atom stereocenters. The normalized spacial score (nSPS) is 28.8. The Bertz CT molecular complexity index is 216. The van der Waals surface area contributed by atoms with Crippen LogP contribution in [0.5, 0.6) is 0 Å². The van der Waals surface area contributed by atoms with Gasteiger partial charge in [0.2, 0.25) is 5.91 Å². The number of hydrogen-bond acceptors (Lipinski definition) is 3. The predicted molar refractivity (Wildman–Crippen MR) is 52.8 cm³/mol. The number of likely N-dealkylation sites (tertiary alicyclic amines) is 1. The fourth-order valence-electron chi connectivity index (χ4n) is 1.88. The van der Waals surface area contributed by atoms with Gasteiger partial charge in [-0.15, -0.1) is 0 Å². The van der Waals surface area contributed by atoms with E-state index >= 15 is 0 Å². The molecule has 1 amide bonds. The first-order valence-electron chi connectivity index (χ1n) is 5.44. The second-order valence-electron chi connectivity index (χ2n) is 4.37. The van der Waals surface area contributed by atoms with Crippen LogP contribution in [0.3, 0.4) is 0 Å². The minimum atomic E-state index is -0.238. The van der Waals surface area contributed by atoms with Gasteiger partial charge in [-0.05, 0) is 32.2 Å². The molecule has 2 aliphatic rings. The van der Waals surface area contributed by atoms with Crippen LogP contribution in [-0.2, 0) is 4.79 Å². The summed E-state index contributed by atoms with van der Waals surface area (Å²) >= 11 is 0. The van der Waals surface area contributed by atoms with Crippen molar-refractivity contribution >= 4 is 5.91 Å². The summed E-state index contributed by atoms with van der Waals surface area (Å²) in [6.45, 7) is 2.04. The van der Waals surface area contributed by atoms with E-state index in [4.69, 9.17) is 0 Å². The van der Waals surface area contributed by atoms with Gasteiger partial charge in [0, 0.05) is 12.6 Å². The third-order valence-electron chi connectivity index (χ3n) is 2.79. The number of piperidine rings is 1. The van der Waals surface area contributed by atoms with Crippen molar-refractivity contribution in [1.82, 2.24) is 10.2 Å². The number of β-amino-alcohol motifs (C(OH)–C–C–N with tert-alkyl or cyclic N) is 1. The van der Waals surface area contributed by atoms with Crippen molar-refractivity contribution in [3.05, 3.63) is 0 Å². The lowest BCUT2D eigenvalue weighted by atomic mass is 10.1. The maximum absolute atomic E-state index is 11.4. The van der Waals surface area contributed by atoms with Crippen LogP contribution in [0.4, 0.5) is 0 Å². The number of rotatable bonds is 3. The van der Waals surface area contributed by atoms with E-state index in [1.807, 2.05) is 4.90 Å². The fraction of sp³-hybridized carbons (Fsp3) is 0.900. The van der Waals surface area contributed by atoms with Crippen LogP contribution in [0.25, 0.3) is 0 Å². The van der Waals surface area contributed by atoms with E-state index in [0.29, 0.717) is 19.1 Å². The van der Waals surface area contributed by atoms with Crippen LogP contribution in [0.15, 0.2) is 0 Å². The number of carbonyl (C=O) groups is 1. The van der Waals surface area contributed by atoms with E-state index in [-0.39, 0.29) is 12.0 Å². The Hall–Kier alpha value is -0.610. The molecule has 2 fully saturated rings. The molecule has 2 N–H and O–H groups in total. The molecular weight excluding hydrogens is 180 g/mol. The van der Waals surface area contributed by atoms with Gasteiger partial charge in [0.05, 0.1) is 12.6 Å². The Kier molecular flexibility index (Phi) is 3.03. The van der Waals surface area contributed by atoms with E-state index in [0.717, 1.165) is 32.2 Å². The molecule has 0 spiro atoms. The number of nitrogens with one attached hydrogen (secondary N) is 1. The van der Waals surface area contributed by atoms with Crippen molar-refractivity contribution in [2.75, 3.05) is 19.6 Å². The summed E-state index contributed by atoms with van der Waals surface area (Å²) in [4.78, 5) is 13.5. The van der Waals surface area contributed by atoms with Gasteiger partial charge >= 0.3 is 0 Å². The second-order valence-corrected chi connectivity index (χ2v) is 4.37. The summed E-state index contributed by atoms with van der Waals surface area (Å²) < 4.78 is 0. The van der Waals surface area contributed by atoms with Crippen molar-refractivity contribution in [3.8, 4) is 0 Å². The molecule has 0 bridgehead atoms. The quantitative estimate of drug-likeness (QED) is 0.656. The molecule has 1 aliphatic carbocycles. The number of amides is 1. The fourth-order valence-corrected chi connectivity index (χ4v) is 1.88. The smallest absolute Gasteiger partial charge is 0.234 e. The summed E-state index contributed by atoms with van der Waals surface area (Å²) in [5, 5.41) is 12.4. The van der Waals surface area contributed by atoms with Gasteiger partial charge in [-0.2, -0.15) is 0 Å². The van der Waals surface area contributed by atoms with Crippen LogP contribution in [0, 0.1) is 0 Å². The molecule has 0 aromatic heterocycles. The second kappa shape index (κ2) is 4.28. The Morgan fingerprint density at radius 1 is 1.43 bits per heavy atom. The highest BCUT2D eigenvalue weighted by molar-refractivity contribution is 5.78. The molecule has 1 saturated carbocycles. The molecule has 4 nitrogen and oxygen atoms in total. The van der Waals surface area contributed by atoms with Gasteiger partial charge in [-0.3, -0.25) is 9.69 Å². The summed E-state index contributed by atoms with van der Waals surface area (Å²) in [6.07, 6.45) is 3.90. The van der Waals surface area contributed by atoms with Gasteiger partial charge in [0.15, 0.2) is 0 Å². The van der Waals surface area contributed by atoms with Crippen LogP contribution in [-0.4, -0.2) is 47.7 Å². The van der Waals surface area contributed by atoms with Gasteiger partial charge in [0.25, 0.3) is 0 Å². The molecule has 4 heteroatoms. The maximum atomic E-state index is 11.4. The SMILES string of the molecule is O=C(CN1CCC[C@H](O)C1)NC1CC1. The topological polar surface area (TPSA) is 52.6 Å². The zero-order valence-electron chi connectivity index (χ0n) is 8.41. The zero-order chi connectivity index (χ0) is 9.97. The van der Waals surface area contributed by atoms with Crippen molar-refractivity contribution < 1.29 is 9.90 Å².